The molecule has 0 unspecified atom stereocenters. The van der Waals surface area contributed by atoms with Crippen LogP contribution in [0.2, 0.25) is 0 Å². The molecule has 0 aliphatic rings. The van der Waals surface area contributed by atoms with E-state index in [1.165, 1.54) is 6.07 Å². The first kappa shape index (κ1) is 10.7. The molecule has 0 saturated heterocycles. The molecule has 2 rings (SSSR count). The summed E-state index contributed by atoms with van der Waals surface area (Å²) in [7, 11) is 0. The zero-order valence-electron chi connectivity index (χ0n) is 8.36. The van der Waals surface area contributed by atoms with Crippen LogP contribution in [0.15, 0.2) is 30.6 Å². The Morgan fingerprint density at radius 1 is 1.25 bits per heavy atom. The number of hydrogen-bond donors (Lipinski definition) is 0. The van der Waals surface area contributed by atoms with Crippen LogP contribution in [0.3, 0.4) is 0 Å². The Hall–Kier alpha value is -1.85. The van der Waals surface area contributed by atoms with Crippen LogP contribution in [0.1, 0.15) is 5.69 Å². The van der Waals surface area contributed by atoms with Gasteiger partial charge in [0.25, 0.3) is 0 Å². The maximum absolute atomic E-state index is 12.6. The topological polar surface area (TPSA) is 30.7 Å². The number of aryl methyl sites for hydroxylation is 1. The predicted molar refractivity (Wildman–Crippen MR) is 51.5 cm³/mol. The third-order valence-corrected chi connectivity index (χ3v) is 2.03. The molecule has 16 heavy (non-hydrogen) atoms. The Kier molecular flexibility index (Phi) is 2.41. The summed E-state index contributed by atoms with van der Waals surface area (Å²) < 4.78 is 37.8. The summed E-state index contributed by atoms with van der Waals surface area (Å²) >= 11 is 0. The van der Waals surface area contributed by atoms with Crippen molar-refractivity contribution in [2.24, 2.45) is 0 Å². The number of hydrogen-bond acceptors (Lipinski definition) is 2. The van der Waals surface area contributed by atoms with Gasteiger partial charge in [-0.15, -0.1) is 13.2 Å². The fourth-order valence-corrected chi connectivity index (χ4v) is 1.37. The quantitative estimate of drug-likeness (QED) is 0.749. The maximum Gasteiger partial charge on any atom is 0.490 e. The summed E-state index contributed by atoms with van der Waals surface area (Å²) in [6.45, 7) is 1.71. The van der Waals surface area contributed by atoms with E-state index in [0.717, 1.165) is 12.4 Å². The van der Waals surface area contributed by atoms with E-state index in [9.17, 15) is 13.2 Å². The summed E-state index contributed by atoms with van der Waals surface area (Å²) in [5, 5.41) is 0. The summed E-state index contributed by atoms with van der Waals surface area (Å²) in [6.07, 6.45) is -2.50. The number of alkyl halides is 3. The highest BCUT2D eigenvalue weighted by molar-refractivity contribution is 5.50. The molecular weight excluding hydrogens is 219 g/mol. The van der Waals surface area contributed by atoms with Gasteiger partial charge >= 0.3 is 6.30 Å². The minimum atomic E-state index is -4.47. The lowest BCUT2D eigenvalue weighted by atomic mass is 10.3. The molecule has 2 aromatic rings. The average Bonchev–Trinajstić information content (AvgIpc) is 2.65. The Balaban J connectivity index is 2.53. The minimum absolute atomic E-state index is 0.148. The van der Waals surface area contributed by atoms with Gasteiger partial charge in [-0.25, -0.2) is 14.5 Å². The molecule has 0 saturated carbocycles. The van der Waals surface area contributed by atoms with Gasteiger partial charge in [0.05, 0.1) is 0 Å². The Labute approximate surface area is 89.6 Å². The first-order valence-corrected chi connectivity index (χ1v) is 4.53. The predicted octanol–water partition coefficient (Wildman–Crippen LogP) is 2.73. The SMILES string of the molecule is Cc1cccc(-c2nccn2C(F)(F)F)n1. The molecule has 0 atom stereocenters. The number of imidazole rings is 1. The van der Waals surface area contributed by atoms with Gasteiger partial charge in [-0.2, -0.15) is 0 Å². The lowest BCUT2D eigenvalue weighted by molar-refractivity contribution is -0.202. The van der Waals surface area contributed by atoms with Gasteiger partial charge in [0.2, 0.25) is 0 Å². The molecule has 6 heteroatoms. The average molecular weight is 227 g/mol. The lowest BCUT2D eigenvalue weighted by Crippen LogP contribution is -2.17. The van der Waals surface area contributed by atoms with Crippen molar-refractivity contribution in [2.45, 2.75) is 13.2 Å². The molecule has 84 valence electrons. The molecule has 0 radical (unpaired) electrons. The summed E-state index contributed by atoms with van der Waals surface area (Å²) in [4.78, 5) is 7.68. The van der Waals surface area contributed by atoms with E-state index < -0.39 is 6.30 Å². The highest BCUT2D eigenvalue weighted by atomic mass is 19.4. The number of halogens is 3. The van der Waals surface area contributed by atoms with Gasteiger partial charge in [0.1, 0.15) is 5.69 Å². The summed E-state index contributed by atoms with van der Waals surface area (Å²) in [6, 6.07) is 4.86. The molecule has 0 N–H and O–H groups in total. The zero-order valence-corrected chi connectivity index (χ0v) is 8.36. The van der Waals surface area contributed by atoms with E-state index in [1.54, 1.807) is 19.1 Å². The molecule has 0 fully saturated rings. The molecule has 2 heterocycles. The highest BCUT2D eigenvalue weighted by Gasteiger charge is 2.33. The van der Waals surface area contributed by atoms with Gasteiger partial charge in [-0.3, -0.25) is 0 Å². The van der Waals surface area contributed by atoms with E-state index >= 15 is 0 Å². The second-order valence-electron chi connectivity index (χ2n) is 3.25. The normalized spacial score (nSPS) is 11.8. The van der Waals surface area contributed by atoms with Crippen LogP contribution in [0.5, 0.6) is 0 Å². The zero-order chi connectivity index (χ0) is 11.8. The minimum Gasteiger partial charge on any atom is -0.250 e. The molecule has 0 aromatic carbocycles. The third kappa shape index (κ3) is 1.91. The molecule has 0 aliphatic heterocycles. The van der Waals surface area contributed by atoms with Gasteiger partial charge < -0.3 is 0 Å². The van der Waals surface area contributed by atoms with Crippen LogP contribution in [0, 0.1) is 6.92 Å². The largest absolute Gasteiger partial charge is 0.490 e. The van der Waals surface area contributed by atoms with Crippen molar-refractivity contribution in [1.82, 2.24) is 14.5 Å². The molecular formula is C10H8F3N3. The molecule has 0 bridgehead atoms. The molecule has 0 amide bonds. The van der Waals surface area contributed by atoms with Crippen molar-refractivity contribution in [1.29, 1.82) is 0 Å². The first-order chi connectivity index (χ1) is 7.48. The highest BCUT2D eigenvalue weighted by Crippen LogP contribution is 2.27. The molecule has 0 spiro atoms. The smallest absolute Gasteiger partial charge is 0.250 e. The van der Waals surface area contributed by atoms with E-state index in [4.69, 9.17) is 0 Å². The standard InChI is InChI=1S/C10H8F3N3/c1-7-3-2-4-8(15-7)9-14-5-6-16(9)10(11,12)13/h2-6H,1H3. The molecule has 0 aliphatic carbocycles. The van der Waals surface area contributed by atoms with E-state index in [1.807, 2.05) is 0 Å². The van der Waals surface area contributed by atoms with Gasteiger partial charge in [0, 0.05) is 18.1 Å². The third-order valence-electron chi connectivity index (χ3n) is 2.03. The van der Waals surface area contributed by atoms with E-state index in [2.05, 4.69) is 9.97 Å². The van der Waals surface area contributed by atoms with Crippen molar-refractivity contribution < 1.29 is 13.2 Å². The number of aromatic nitrogens is 3. The van der Waals surface area contributed by atoms with Crippen molar-refractivity contribution in [3.8, 4) is 11.5 Å². The lowest BCUT2D eigenvalue weighted by Gasteiger charge is -2.10. The van der Waals surface area contributed by atoms with Crippen molar-refractivity contribution in [2.75, 3.05) is 0 Å². The molecule has 2 aromatic heterocycles. The number of nitrogens with zero attached hydrogens (tertiary/aromatic N) is 3. The van der Waals surface area contributed by atoms with Crippen LogP contribution in [0.4, 0.5) is 13.2 Å². The fraction of sp³-hybridized carbons (Fsp3) is 0.200. The first-order valence-electron chi connectivity index (χ1n) is 4.53. The fourth-order valence-electron chi connectivity index (χ4n) is 1.37. The Morgan fingerprint density at radius 2 is 2.00 bits per heavy atom. The Morgan fingerprint density at radius 3 is 2.62 bits per heavy atom. The van der Waals surface area contributed by atoms with E-state index in [-0.39, 0.29) is 16.1 Å². The summed E-state index contributed by atoms with van der Waals surface area (Å²) in [5.74, 6) is -0.198. The maximum atomic E-state index is 12.6. The van der Waals surface area contributed by atoms with Crippen molar-refractivity contribution in [3.05, 3.63) is 36.3 Å². The van der Waals surface area contributed by atoms with Crippen LogP contribution >= 0.6 is 0 Å². The Bertz CT molecular complexity index is 502. The second kappa shape index (κ2) is 3.62. The molecule has 3 nitrogen and oxygen atoms in total. The second-order valence-corrected chi connectivity index (χ2v) is 3.25. The summed E-state index contributed by atoms with van der Waals surface area (Å²) in [5.41, 5.74) is 0.858. The number of pyridine rings is 1. The van der Waals surface area contributed by atoms with Crippen LogP contribution in [-0.4, -0.2) is 14.5 Å². The van der Waals surface area contributed by atoms with Crippen LogP contribution in [0.25, 0.3) is 11.5 Å². The van der Waals surface area contributed by atoms with Crippen LogP contribution < -0.4 is 0 Å². The van der Waals surface area contributed by atoms with Crippen molar-refractivity contribution in [3.63, 3.8) is 0 Å². The van der Waals surface area contributed by atoms with E-state index in [0.29, 0.717) is 5.69 Å². The monoisotopic (exact) mass is 227 g/mol. The van der Waals surface area contributed by atoms with Crippen molar-refractivity contribution >= 4 is 0 Å². The van der Waals surface area contributed by atoms with Crippen LogP contribution in [-0.2, 0) is 6.30 Å². The van der Waals surface area contributed by atoms with Gasteiger partial charge in [-0.05, 0) is 19.1 Å². The number of rotatable bonds is 1. The van der Waals surface area contributed by atoms with Gasteiger partial charge in [0.15, 0.2) is 5.82 Å². The van der Waals surface area contributed by atoms with Gasteiger partial charge in [-0.1, -0.05) is 6.07 Å².